The molecule has 0 unspecified atom stereocenters. The molecule has 0 amide bonds. The van der Waals surface area contributed by atoms with Gasteiger partial charge in [-0.05, 0) is 36.5 Å². The van der Waals surface area contributed by atoms with Crippen molar-refractivity contribution in [3.8, 4) is 0 Å². The number of rotatable bonds is 6. The molecule has 0 saturated heterocycles. The molecule has 1 aliphatic carbocycles. The number of anilines is 2. The van der Waals surface area contributed by atoms with Crippen molar-refractivity contribution in [1.82, 2.24) is 0 Å². The Labute approximate surface area is 135 Å². The highest BCUT2D eigenvalue weighted by Crippen LogP contribution is 2.46. The van der Waals surface area contributed by atoms with Crippen LogP contribution in [0.25, 0.3) is 4.85 Å². The van der Waals surface area contributed by atoms with Gasteiger partial charge in [0.1, 0.15) is 0 Å². The van der Waals surface area contributed by atoms with E-state index in [9.17, 15) is 0 Å². The predicted molar refractivity (Wildman–Crippen MR) is 94.9 cm³/mol. The molecule has 22 heavy (non-hydrogen) atoms. The van der Waals surface area contributed by atoms with Crippen molar-refractivity contribution >= 4 is 11.4 Å². The van der Waals surface area contributed by atoms with Crippen LogP contribution in [0.5, 0.6) is 0 Å². The second-order valence-electron chi connectivity index (χ2n) is 7.46. The molecule has 2 N–H and O–H groups in total. The smallest absolute Gasteiger partial charge is 0.257 e. The monoisotopic (exact) mass is 299 g/mol. The van der Waals surface area contributed by atoms with Gasteiger partial charge in [-0.3, -0.25) is 0 Å². The molecule has 1 aromatic rings. The Kier molecular flexibility index (Phi) is 5.01. The lowest BCUT2D eigenvalue weighted by Gasteiger charge is -2.33. The van der Waals surface area contributed by atoms with Gasteiger partial charge in [-0.2, -0.15) is 0 Å². The van der Waals surface area contributed by atoms with Gasteiger partial charge in [0, 0.05) is 31.5 Å². The van der Waals surface area contributed by atoms with Crippen molar-refractivity contribution in [2.75, 3.05) is 23.7 Å². The Balaban J connectivity index is 2.29. The Morgan fingerprint density at radius 2 is 1.77 bits per heavy atom. The maximum Gasteiger partial charge on any atom is 0.257 e. The topological polar surface area (TPSA) is 33.6 Å². The number of nitrogens with two attached hydrogens (primary N) is 1. The van der Waals surface area contributed by atoms with E-state index in [1.54, 1.807) is 0 Å². The lowest BCUT2D eigenvalue weighted by molar-refractivity contribution is 0.310. The van der Waals surface area contributed by atoms with Crippen molar-refractivity contribution in [2.45, 2.75) is 52.5 Å². The summed E-state index contributed by atoms with van der Waals surface area (Å²) < 4.78 is 0. The molecule has 3 heteroatoms. The zero-order valence-corrected chi connectivity index (χ0v) is 14.4. The highest BCUT2D eigenvalue weighted by atomic mass is 15.1. The molecule has 120 valence electrons. The third kappa shape index (κ3) is 3.38. The predicted octanol–water partition coefficient (Wildman–Crippen LogP) is 4.69. The molecule has 0 aromatic heterocycles. The Morgan fingerprint density at radius 3 is 2.14 bits per heavy atom. The van der Waals surface area contributed by atoms with Gasteiger partial charge >= 0.3 is 0 Å². The Bertz CT molecular complexity index is 540. The molecule has 0 bridgehead atoms. The van der Waals surface area contributed by atoms with Gasteiger partial charge in [-0.25, -0.2) is 6.57 Å². The largest absolute Gasteiger partial charge is 0.397 e. The average Bonchev–Trinajstić information content (AvgIpc) is 2.36. The van der Waals surface area contributed by atoms with Crippen LogP contribution in [-0.4, -0.2) is 13.1 Å². The SMILES string of the molecule is [C-]#[N+]C1(c2ccc(N(CC(C)C)CC(C)C)c(N)c2)CCC1. The van der Waals surface area contributed by atoms with Crippen LogP contribution in [0.2, 0.25) is 0 Å². The van der Waals surface area contributed by atoms with Crippen molar-refractivity contribution in [1.29, 1.82) is 0 Å². The number of benzene rings is 1. The second kappa shape index (κ2) is 6.60. The van der Waals surface area contributed by atoms with Crippen LogP contribution < -0.4 is 10.6 Å². The molecular weight excluding hydrogens is 270 g/mol. The lowest BCUT2D eigenvalue weighted by atomic mass is 9.72. The van der Waals surface area contributed by atoms with Crippen LogP contribution in [0, 0.1) is 18.4 Å². The van der Waals surface area contributed by atoms with Gasteiger partial charge in [-0.1, -0.05) is 27.7 Å². The van der Waals surface area contributed by atoms with Crippen molar-refractivity contribution in [2.24, 2.45) is 11.8 Å². The first-order valence-electron chi connectivity index (χ1n) is 8.41. The van der Waals surface area contributed by atoms with E-state index in [4.69, 9.17) is 12.3 Å². The molecule has 2 rings (SSSR count). The van der Waals surface area contributed by atoms with E-state index in [0.717, 1.165) is 49.3 Å². The molecule has 1 aromatic carbocycles. The van der Waals surface area contributed by atoms with Crippen molar-refractivity contribution in [3.05, 3.63) is 35.2 Å². The van der Waals surface area contributed by atoms with E-state index in [0.29, 0.717) is 11.8 Å². The molecule has 0 heterocycles. The fourth-order valence-corrected chi connectivity index (χ4v) is 3.26. The zero-order valence-electron chi connectivity index (χ0n) is 14.4. The summed E-state index contributed by atoms with van der Waals surface area (Å²) in [5.41, 5.74) is 9.09. The maximum atomic E-state index is 7.51. The van der Waals surface area contributed by atoms with Crippen LogP contribution in [0.4, 0.5) is 11.4 Å². The van der Waals surface area contributed by atoms with Crippen LogP contribution in [0.3, 0.4) is 0 Å². The van der Waals surface area contributed by atoms with Crippen LogP contribution in [0.1, 0.15) is 52.5 Å². The summed E-state index contributed by atoms with van der Waals surface area (Å²) >= 11 is 0. The number of nitrogen functional groups attached to an aromatic ring is 1. The number of nitrogens with zero attached hydrogens (tertiary/aromatic N) is 2. The summed E-state index contributed by atoms with van der Waals surface area (Å²) in [4.78, 5) is 6.28. The first kappa shape index (κ1) is 16.7. The minimum atomic E-state index is -0.298. The van der Waals surface area contributed by atoms with E-state index in [1.165, 1.54) is 0 Å². The fourth-order valence-electron chi connectivity index (χ4n) is 3.26. The molecule has 0 spiro atoms. The Hall–Kier alpha value is -1.69. The van der Waals surface area contributed by atoms with Gasteiger partial charge in [0.15, 0.2) is 0 Å². The van der Waals surface area contributed by atoms with Gasteiger partial charge in [0.05, 0.1) is 11.4 Å². The van der Waals surface area contributed by atoms with Crippen molar-refractivity contribution in [3.63, 3.8) is 0 Å². The molecule has 3 nitrogen and oxygen atoms in total. The molecule has 0 atom stereocenters. The first-order valence-corrected chi connectivity index (χ1v) is 8.41. The van der Waals surface area contributed by atoms with E-state index in [1.807, 2.05) is 6.07 Å². The van der Waals surface area contributed by atoms with Gasteiger partial charge in [0.25, 0.3) is 5.54 Å². The van der Waals surface area contributed by atoms with E-state index in [-0.39, 0.29) is 5.54 Å². The molecule has 0 aliphatic heterocycles. The maximum absolute atomic E-state index is 7.51. The molecule has 1 saturated carbocycles. The normalized spacial score (nSPS) is 16.4. The van der Waals surface area contributed by atoms with Gasteiger partial charge in [-0.15, -0.1) is 0 Å². The fraction of sp³-hybridized carbons (Fsp3) is 0.632. The Morgan fingerprint density at radius 1 is 1.18 bits per heavy atom. The summed E-state index contributed by atoms with van der Waals surface area (Å²) in [5.74, 6) is 1.19. The van der Waals surface area contributed by atoms with E-state index >= 15 is 0 Å². The molecule has 1 aliphatic rings. The highest BCUT2D eigenvalue weighted by molar-refractivity contribution is 5.69. The molecule has 0 radical (unpaired) electrons. The summed E-state index contributed by atoms with van der Waals surface area (Å²) in [6, 6.07) is 6.29. The van der Waals surface area contributed by atoms with Crippen LogP contribution >= 0.6 is 0 Å². The minimum Gasteiger partial charge on any atom is -0.397 e. The van der Waals surface area contributed by atoms with Crippen molar-refractivity contribution < 1.29 is 0 Å². The lowest BCUT2D eigenvalue weighted by Crippen LogP contribution is -2.33. The third-order valence-corrected chi connectivity index (χ3v) is 4.47. The molecular formula is C19H29N3. The standard InChI is InChI=1S/C19H29N3/c1-14(2)12-22(13-15(3)4)18-8-7-16(11-17(18)20)19(21-5)9-6-10-19/h7-8,11,14-15H,6,9-10,12-13,20H2,1-4H3. The average molecular weight is 299 g/mol. The number of hydrogen-bond donors (Lipinski definition) is 1. The summed E-state index contributed by atoms with van der Waals surface area (Å²) in [6.45, 7) is 18.5. The highest BCUT2D eigenvalue weighted by Gasteiger charge is 2.45. The first-order chi connectivity index (χ1) is 10.4. The van der Waals surface area contributed by atoms with Gasteiger partial charge in [0.2, 0.25) is 0 Å². The van der Waals surface area contributed by atoms with Crippen LogP contribution in [0.15, 0.2) is 18.2 Å². The van der Waals surface area contributed by atoms with E-state index < -0.39 is 0 Å². The third-order valence-electron chi connectivity index (χ3n) is 4.47. The summed E-state index contributed by atoms with van der Waals surface area (Å²) in [7, 11) is 0. The number of hydrogen-bond acceptors (Lipinski definition) is 2. The molecule has 1 fully saturated rings. The minimum absolute atomic E-state index is 0.298. The van der Waals surface area contributed by atoms with Crippen LogP contribution in [-0.2, 0) is 5.54 Å². The zero-order chi connectivity index (χ0) is 16.3. The summed E-state index contributed by atoms with van der Waals surface area (Å²) in [5, 5.41) is 0. The summed E-state index contributed by atoms with van der Waals surface area (Å²) in [6.07, 6.45) is 3.09. The van der Waals surface area contributed by atoms with E-state index in [2.05, 4.69) is 49.6 Å². The quantitative estimate of drug-likeness (QED) is 0.611. The van der Waals surface area contributed by atoms with Gasteiger partial charge < -0.3 is 15.5 Å². The second-order valence-corrected chi connectivity index (χ2v) is 7.46.